The number of carbonyl (C=O) groups excluding carboxylic acids is 1. The van der Waals surface area contributed by atoms with Crippen molar-refractivity contribution in [2.24, 2.45) is 0 Å². The standard InChI is InChI=1S/C19H16FN5O/c20-17-6-3-13(10-23-17)15-5-4-14(21)18(24-15)25-19(26)16-9-12(7-8-22-16)11-1-2-11/h3-11H,1-2,21H2,(H,24,25,26). The molecule has 0 atom stereocenters. The summed E-state index contributed by atoms with van der Waals surface area (Å²) < 4.78 is 13.0. The lowest BCUT2D eigenvalue weighted by atomic mass is 10.1. The quantitative estimate of drug-likeness (QED) is 0.704. The molecule has 26 heavy (non-hydrogen) atoms. The number of anilines is 2. The molecule has 1 aliphatic rings. The van der Waals surface area contributed by atoms with E-state index in [9.17, 15) is 9.18 Å². The Kier molecular flexibility index (Phi) is 4.04. The van der Waals surface area contributed by atoms with Gasteiger partial charge in [0, 0.05) is 18.0 Å². The molecule has 3 aromatic heterocycles. The number of carbonyl (C=O) groups is 1. The molecule has 0 spiro atoms. The monoisotopic (exact) mass is 349 g/mol. The van der Waals surface area contributed by atoms with Crippen LogP contribution in [0.5, 0.6) is 0 Å². The minimum Gasteiger partial charge on any atom is -0.396 e. The molecule has 7 heteroatoms. The number of amides is 1. The molecule has 6 nitrogen and oxygen atoms in total. The molecule has 3 N–H and O–H groups in total. The van der Waals surface area contributed by atoms with E-state index in [4.69, 9.17) is 5.73 Å². The van der Waals surface area contributed by atoms with Gasteiger partial charge in [-0.3, -0.25) is 9.78 Å². The van der Waals surface area contributed by atoms with Crippen LogP contribution in [-0.4, -0.2) is 20.9 Å². The minimum absolute atomic E-state index is 0.232. The van der Waals surface area contributed by atoms with Crippen LogP contribution in [0.25, 0.3) is 11.3 Å². The molecule has 0 saturated heterocycles. The Balaban J connectivity index is 1.59. The van der Waals surface area contributed by atoms with Gasteiger partial charge in [0.2, 0.25) is 5.95 Å². The Bertz CT molecular complexity index is 970. The molecule has 0 aliphatic heterocycles. The number of nitrogen functional groups attached to an aromatic ring is 1. The molecule has 0 bridgehead atoms. The molecular weight excluding hydrogens is 333 g/mol. The number of halogens is 1. The van der Waals surface area contributed by atoms with Crippen molar-refractivity contribution in [2.45, 2.75) is 18.8 Å². The fraction of sp³-hybridized carbons (Fsp3) is 0.158. The fourth-order valence-electron chi connectivity index (χ4n) is 2.67. The topological polar surface area (TPSA) is 93.8 Å². The second-order valence-corrected chi connectivity index (χ2v) is 6.21. The van der Waals surface area contributed by atoms with Crippen molar-refractivity contribution >= 4 is 17.4 Å². The predicted octanol–water partition coefficient (Wildman–Crippen LogP) is 3.39. The van der Waals surface area contributed by atoms with Crippen LogP contribution in [0.1, 0.15) is 34.8 Å². The molecule has 1 aliphatic carbocycles. The van der Waals surface area contributed by atoms with Gasteiger partial charge in [-0.1, -0.05) is 0 Å². The molecular formula is C19H16FN5O. The molecule has 3 aromatic rings. The summed E-state index contributed by atoms with van der Waals surface area (Å²) >= 11 is 0. The van der Waals surface area contributed by atoms with E-state index >= 15 is 0 Å². The molecule has 1 saturated carbocycles. The van der Waals surface area contributed by atoms with Gasteiger partial charge in [-0.2, -0.15) is 4.39 Å². The van der Waals surface area contributed by atoms with Crippen molar-refractivity contribution < 1.29 is 9.18 Å². The number of pyridine rings is 3. The molecule has 4 rings (SSSR count). The lowest BCUT2D eigenvalue weighted by Crippen LogP contribution is -2.16. The molecule has 3 heterocycles. The number of rotatable bonds is 4. The van der Waals surface area contributed by atoms with Crippen molar-refractivity contribution in [1.82, 2.24) is 15.0 Å². The average Bonchev–Trinajstić information content (AvgIpc) is 3.50. The van der Waals surface area contributed by atoms with Gasteiger partial charge in [0.05, 0.1) is 11.4 Å². The van der Waals surface area contributed by atoms with Gasteiger partial charge in [0.15, 0.2) is 5.82 Å². The van der Waals surface area contributed by atoms with Crippen LogP contribution in [0, 0.1) is 5.95 Å². The van der Waals surface area contributed by atoms with Crippen LogP contribution < -0.4 is 11.1 Å². The zero-order valence-corrected chi connectivity index (χ0v) is 13.8. The lowest BCUT2D eigenvalue weighted by molar-refractivity contribution is 0.102. The number of hydrogen-bond donors (Lipinski definition) is 2. The fourth-order valence-corrected chi connectivity index (χ4v) is 2.67. The zero-order chi connectivity index (χ0) is 18.1. The molecule has 0 unspecified atom stereocenters. The van der Waals surface area contributed by atoms with Gasteiger partial charge in [0.1, 0.15) is 5.69 Å². The number of nitrogens with one attached hydrogen (secondary N) is 1. The SMILES string of the molecule is Nc1ccc(-c2ccc(F)nc2)nc1NC(=O)c1cc(C2CC2)ccn1. The van der Waals surface area contributed by atoms with E-state index in [0.717, 1.165) is 18.4 Å². The third-order valence-corrected chi connectivity index (χ3v) is 4.25. The van der Waals surface area contributed by atoms with Crippen LogP contribution in [0.2, 0.25) is 0 Å². The minimum atomic E-state index is -0.570. The Morgan fingerprint density at radius 3 is 2.73 bits per heavy atom. The van der Waals surface area contributed by atoms with Gasteiger partial charge < -0.3 is 11.1 Å². The van der Waals surface area contributed by atoms with Crippen LogP contribution in [0.15, 0.2) is 48.8 Å². The number of nitrogens with two attached hydrogens (primary N) is 1. The van der Waals surface area contributed by atoms with E-state index in [0.29, 0.717) is 28.6 Å². The van der Waals surface area contributed by atoms with E-state index in [1.165, 1.54) is 12.3 Å². The first-order valence-electron chi connectivity index (χ1n) is 8.26. The number of aromatic nitrogens is 3. The first-order chi connectivity index (χ1) is 12.6. The third-order valence-electron chi connectivity index (χ3n) is 4.25. The average molecular weight is 349 g/mol. The summed E-state index contributed by atoms with van der Waals surface area (Å²) in [5, 5.41) is 2.70. The van der Waals surface area contributed by atoms with E-state index < -0.39 is 5.95 Å². The zero-order valence-electron chi connectivity index (χ0n) is 13.8. The Morgan fingerprint density at radius 2 is 2.00 bits per heavy atom. The Hall–Kier alpha value is -3.35. The highest BCUT2D eigenvalue weighted by Crippen LogP contribution is 2.39. The highest BCUT2D eigenvalue weighted by Gasteiger charge is 2.24. The predicted molar refractivity (Wildman–Crippen MR) is 96.0 cm³/mol. The molecule has 1 amide bonds. The second kappa shape index (κ2) is 6.51. The van der Waals surface area contributed by atoms with Crippen molar-refractivity contribution in [3.8, 4) is 11.3 Å². The van der Waals surface area contributed by atoms with Gasteiger partial charge in [-0.05, 0) is 60.7 Å². The summed E-state index contributed by atoms with van der Waals surface area (Å²) in [6.07, 6.45) is 5.31. The maximum absolute atomic E-state index is 13.0. The summed E-state index contributed by atoms with van der Waals surface area (Å²) in [7, 11) is 0. The van der Waals surface area contributed by atoms with Crippen molar-refractivity contribution in [3.63, 3.8) is 0 Å². The smallest absolute Gasteiger partial charge is 0.275 e. The molecule has 0 radical (unpaired) electrons. The van der Waals surface area contributed by atoms with Crippen molar-refractivity contribution in [1.29, 1.82) is 0 Å². The summed E-state index contributed by atoms with van der Waals surface area (Å²) in [4.78, 5) is 24.6. The third kappa shape index (κ3) is 3.37. The Labute approximate surface area is 149 Å². The first-order valence-corrected chi connectivity index (χ1v) is 8.26. The van der Waals surface area contributed by atoms with Crippen LogP contribution >= 0.6 is 0 Å². The van der Waals surface area contributed by atoms with Crippen LogP contribution in [0.3, 0.4) is 0 Å². The summed E-state index contributed by atoms with van der Waals surface area (Å²) in [6.45, 7) is 0. The van der Waals surface area contributed by atoms with E-state index in [-0.39, 0.29) is 11.7 Å². The van der Waals surface area contributed by atoms with Gasteiger partial charge in [-0.15, -0.1) is 0 Å². The van der Waals surface area contributed by atoms with Crippen molar-refractivity contribution in [2.75, 3.05) is 11.1 Å². The van der Waals surface area contributed by atoms with Crippen LogP contribution in [0.4, 0.5) is 15.9 Å². The van der Waals surface area contributed by atoms with E-state index in [1.807, 2.05) is 6.07 Å². The Morgan fingerprint density at radius 1 is 1.15 bits per heavy atom. The second-order valence-electron chi connectivity index (χ2n) is 6.21. The molecule has 0 aromatic carbocycles. The van der Waals surface area contributed by atoms with E-state index in [2.05, 4.69) is 20.3 Å². The highest BCUT2D eigenvalue weighted by molar-refractivity contribution is 6.04. The summed E-state index contributed by atoms with van der Waals surface area (Å²) in [6, 6.07) is 9.87. The van der Waals surface area contributed by atoms with Crippen molar-refractivity contribution in [3.05, 3.63) is 66.0 Å². The summed E-state index contributed by atoms with van der Waals surface area (Å²) in [5.41, 5.74) is 8.86. The number of nitrogens with zero attached hydrogens (tertiary/aromatic N) is 3. The molecule has 130 valence electrons. The summed E-state index contributed by atoms with van der Waals surface area (Å²) in [5.74, 6) is -0.182. The largest absolute Gasteiger partial charge is 0.396 e. The van der Waals surface area contributed by atoms with E-state index in [1.54, 1.807) is 30.5 Å². The van der Waals surface area contributed by atoms with Gasteiger partial charge in [0.25, 0.3) is 5.91 Å². The lowest BCUT2D eigenvalue weighted by Gasteiger charge is -2.10. The van der Waals surface area contributed by atoms with Gasteiger partial charge in [-0.25, -0.2) is 9.97 Å². The van der Waals surface area contributed by atoms with Crippen LogP contribution in [-0.2, 0) is 0 Å². The highest BCUT2D eigenvalue weighted by atomic mass is 19.1. The molecule has 1 fully saturated rings. The normalized spacial score (nSPS) is 13.4. The first kappa shape index (κ1) is 16.1. The maximum atomic E-state index is 13.0. The number of hydrogen-bond acceptors (Lipinski definition) is 5. The maximum Gasteiger partial charge on any atom is 0.275 e. The van der Waals surface area contributed by atoms with Gasteiger partial charge >= 0.3 is 0 Å².